The summed E-state index contributed by atoms with van der Waals surface area (Å²) in [5, 5.41) is 0. The first-order chi connectivity index (χ1) is 1.91. The van der Waals surface area contributed by atoms with Gasteiger partial charge < -0.3 is 11.2 Å². The fourth-order valence-electron chi connectivity index (χ4n) is 0. The summed E-state index contributed by atoms with van der Waals surface area (Å²) < 4.78 is 0. The van der Waals surface area contributed by atoms with E-state index in [-0.39, 0.29) is 18.6 Å². The van der Waals surface area contributed by atoms with Crippen molar-refractivity contribution in [2.45, 2.75) is 6.92 Å². The second-order valence-electron chi connectivity index (χ2n) is 0.469. The third-order valence-corrected chi connectivity index (χ3v) is 0.136. The van der Waals surface area contributed by atoms with Crippen LogP contribution in [0.1, 0.15) is 6.92 Å². The van der Waals surface area contributed by atoms with Crippen molar-refractivity contribution in [2.75, 3.05) is 0 Å². The molecule has 0 rings (SSSR count). The Labute approximate surface area is 43.6 Å². The van der Waals surface area contributed by atoms with Crippen LogP contribution in [0, 0.1) is 6.42 Å². The van der Waals surface area contributed by atoms with Crippen molar-refractivity contribution < 1.29 is 23.4 Å². The van der Waals surface area contributed by atoms with Crippen LogP contribution in [0.4, 0.5) is 0 Å². The van der Waals surface area contributed by atoms with Crippen molar-refractivity contribution in [2.24, 2.45) is 0 Å². The van der Waals surface area contributed by atoms with Gasteiger partial charge in [0.1, 0.15) is 0 Å². The minimum absolute atomic E-state index is 0. The number of carbonyl (C=O) groups excluding carboxylic acids is 1. The summed E-state index contributed by atoms with van der Waals surface area (Å²) in [6.45, 7) is 1.69. The molecule has 0 heterocycles. The van der Waals surface area contributed by atoms with E-state index in [1.165, 1.54) is 6.42 Å². The minimum atomic E-state index is 0. The molecule has 0 atom stereocenters. The quantitative estimate of drug-likeness (QED) is 0.351. The molecule has 0 aromatic carbocycles. The Hall–Kier alpha value is 0.124. The molecule has 0 aliphatic rings. The number of aldehydes is 1. The van der Waals surface area contributed by atoms with Gasteiger partial charge >= 0.3 is 0 Å². The monoisotopic (exact) mass is 108 g/mol. The molecular weight excluding hydrogens is 103 g/mol. The van der Waals surface area contributed by atoms with Crippen LogP contribution in [0.15, 0.2) is 0 Å². The topological polar surface area (TPSA) is 17.1 Å². The van der Waals surface area contributed by atoms with Gasteiger partial charge in [0.15, 0.2) is 0 Å². The van der Waals surface area contributed by atoms with E-state index < -0.39 is 0 Å². The molecule has 0 fully saturated rings. The van der Waals surface area contributed by atoms with E-state index in [9.17, 15) is 0 Å². The summed E-state index contributed by atoms with van der Waals surface area (Å²) in [6.07, 6.45) is 2.19. The fraction of sp³-hybridized carbons (Fsp3) is 0.333. The molecule has 0 saturated heterocycles. The van der Waals surface area contributed by atoms with E-state index in [2.05, 4.69) is 0 Å². The van der Waals surface area contributed by atoms with E-state index in [0.717, 1.165) is 6.29 Å². The van der Waals surface area contributed by atoms with Crippen LogP contribution in [0.5, 0.6) is 0 Å². The average Bonchev–Trinajstić information content (AvgIpc) is 1.37. The molecule has 0 unspecified atom stereocenters. The fourth-order valence-corrected chi connectivity index (χ4v) is 0. The van der Waals surface area contributed by atoms with Gasteiger partial charge in [-0.15, -0.1) is 0 Å². The SMILES string of the molecule is C[CH-]C=O.[V]. The molecule has 0 aromatic heterocycles. The van der Waals surface area contributed by atoms with Gasteiger partial charge in [-0.1, -0.05) is 0 Å². The molecule has 2 heteroatoms. The summed E-state index contributed by atoms with van der Waals surface area (Å²) in [4.78, 5) is 9.12. The Morgan fingerprint density at radius 2 is 2.00 bits per heavy atom. The van der Waals surface area contributed by atoms with Gasteiger partial charge in [0.05, 0.1) is 0 Å². The summed E-state index contributed by atoms with van der Waals surface area (Å²) in [7, 11) is 0. The first-order valence-corrected chi connectivity index (χ1v) is 1.15. The van der Waals surface area contributed by atoms with Gasteiger partial charge in [0.2, 0.25) is 0 Å². The molecule has 0 bridgehead atoms. The van der Waals surface area contributed by atoms with E-state index in [1.54, 1.807) is 6.92 Å². The maximum Gasteiger partial charge on any atom is 0 e. The van der Waals surface area contributed by atoms with Gasteiger partial charge in [-0.05, 0) is 6.29 Å². The predicted octanol–water partition coefficient (Wildman–Crippen LogP) is 0.407. The Balaban J connectivity index is 0. The maximum atomic E-state index is 9.12. The van der Waals surface area contributed by atoms with Crippen LogP contribution in [0.3, 0.4) is 0 Å². The second-order valence-corrected chi connectivity index (χ2v) is 0.469. The molecule has 5 heavy (non-hydrogen) atoms. The van der Waals surface area contributed by atoms with E-state index >= 15 is 0 Å². The smallest absolute Gasteiger partial charge is 0 e. The zero-order chi connectivity index (χ0) is 3.41. The van der Waals surface area contributed by atoms with Crippen molar-refractivity contribution in [1.82, 2.24) is 0 Å². The first kappa shape index (κ1) is 8.93. The number of carbonyl (C=O) groups is 1. The first-order valence-electron chi connectivity index (χ1n) is 1.15. The van der Waals surface area contributed by atoms with E-state index in [0.29, 0.717) is 0 Å². The van der Waals surface area contributed by atoms with Crippen molar-refractivity contribution in [3.63, 3.8) is 0 Å². The van der Waals surface area contributed by atoms with E-state index in [1.807, 2.05) is 0 Å². The Kier molecular flexibility index (Phi) is 15.9. The molecule has 0 amide bonds. The van der Waals surface area contributed by atoms with Crippen molar-refractivity contribution >= 4 is 6.29 Å². The molecule has 1 nitrogen and oxygen atoms in total. The van der Waals surface area contributed by atoms with Gasteiger partial charge in [-0.25, -0.2) is 0 Å². The molecule has 0 aliphatic heterocycles. The number of hydrogen-bond acceptors (Lipinski definition) is 1. The third kappa shape index (κ3) is 14.7. The third-order valence-electron chi connectivity index (χ3n) is 0.136. The molecular formula is C3H5OV-. The van der Waals surface area contributed by atoms with Crippen molar-refractivity contribution in [3.8, 4) is 0 Å². The molecule has 0 spiro atoms. The van der Waals surface area contributed by atoms with Crippen LogP contribution in [0.2, 0.25) is 0 Å². The van der Waals surface area contributed by atoms with Crippen LogP contribution >= 0.6 is 0 Å². The summed E-state index contributed by atoms with van der Waals surface area (Å²) in [6, 6.07) is 0. The number of hydrogen-bond donors (Lipinski definition) is 0. The van der Waals surface area contributed by atoms with Crippen LogP contribution in [-0.4, -0.2) is 6.29 Å². The summed E-state index contributed by atoms with van der Waals surface area (Å²) in [5.74, 6) is 0. The van der Waals surface area contributed by atoms with Crippen molar-refractivity contribution in [3.05, 3.63) is 6.42 Å². The summed E-state index contributed by atoms with van der Waals surface area (Å²) in [5.41, 5.74) is 0. The molecule has 0 saturated carbocycles. The molecule has 29 valence electrons. The van der Waals surface area contributed by atoms with Crippen LogP contribution < -0.4 is 0 Å². The van der Waals surface area contributed by atoms with Crippen LogP contribution in [0.25, 0.3) is 0 Å². The van der Waals surface area contributed by atoms with E-state index in [4.69, 9.17) is 4.79 Å². The standard InChI is InChI=1S/C3H5O.V/c1-2-3-4;/h2-3H,1H3;/q-1;. The van der Waals surface area contributed by atoms with Gasteiger partial charge in [-0.3, -0.25) is 0 Å². The van der Waals surface area contributed by atoms with Gasteiger partial charge in [-0.2, -0.15) is 6.92 Å². The van der Waals surface area contributed by atoms with Gasteiger partial charge in [0.25, 0.3) is 0 Å². The Morgan fingerprint density at radius 1 is 1.80 bits per heavy atom. The average molecular weight is 108 g/mol. The second kappa shape index (κ2) is 8.92. The zero-order valence-electron chi connectivity index (χ0n) is 3.01. The van der Waals surface area contributed by atoms with Gasteiger partial charge in [0, 0.05) is 18.6 Å². The molecule has 1 radical (unpaired) electrons. The normalized spacial score (nSPS) is 4.20. The zero-order valence-corrected chi connectivity index (χ0v) is 4.41. The number of rotatable bonds is 1. The Bertz CT molecular complexity index is 20.9. The maximum absolute atomic E-state index is 9.12. The largest absolute Gasteiger partial charge is 0.338 e. The minimum Gasteiger partial charge on any atom is -0.338 e. The predicted molar refractivity (Wildman–Crippen MR) is 16.0 cm³/mol. The molecule has 0 aliphatic carbocycles. The Morgan fingerprint density at radius 3 is 2.00 bits per heavy atom. The van der Waals surface area contributed by atoms with Crippen LogP contribution in [-0.2, 0) is 23.4 Å². The molecule has 0 N–H and O–H groups in total. The summed E-state index contributed by atoms with van der Waals surface area (Å²) >= 11 is 0. The van der Waals surface area contributed by atoms with Crippen molar-refractivity contribution in [1.29, 1.82) is 0 Å². The molecule has 0 aromatic rings.